The van der Waals surface area contributed by atoms with Gasteiger partial charge in [-0.2, -0.15) is 5.10 Å². The number of fused-ring (bicyclic) bond motifs is 1. The number of aromatic nitrogens is 3. The molecular formula is C20H20N6O3S. The van der Waals surface area contributed by atoms with Gasteiger partial charge >= 0.3 is 0 Å². The van der Waals surface area contributed by atoms with Crippen molar-refractivity contribution in [2.45, 2.75) is 25.2 Å². The van der Waals surface area contributed by atoms with Crippen LogP contribution in [0.4, 0.5) is 5.69 Å². The summed E-state index contributed by atoms with van der Waals surface area (Å²) in [6.45, 7) is 4.01. The number of sulfonamides is 1. The number of anilines is 1. The third-order valence-corrected chi connectivity index (χ3v) is 5.93. The Kier molecular flexibility index (Phi) is 5.08. The molecule has 0 aliphatic carbocycles. The summed E-state index contributed by atoms with van der Waals surface area (Å²) in [5.41, 5.74) is 2.95. The molecule has 2 N–H and O–H groups in total. The lowest BCUT2D eigenvalue weighted by molar-refractivity contribution is -0.116. The van der Waals surface area contributed by atoms with Gasteiger partial charge in [0.1, 0.15) is 5.84 Å². The largest absolute Gasteiger partial charge is 0.325 e. The fourth-order valence-corrected chi connectivity index (χ4v) is 4.44. The number of carbonyl (C=O) groups is 1. The fraction of sp³-hybridized carbons (Fsp3) is 0.200. The first kappa shape index (κ1) is 19.8. The molecule has 30 heavy (non-hydrogen) atoms. The van der Waals surface area contributed by atoms with Gasteiger partial charge < -0.3 is 5.32 Å². The number of hydrogen-bond donors (Lipinski definition) is 2. The zero-order valence-corrected chi connectivity index (χ0v) is 17.3. The SMILES string of the molecule is Cc1cc(C)n(-c2ccc(NC(=O)CCN=C3NS(=O)(=O)c4ccccc43)cn2)n1. The number of benzene rings is 1. The van der Waals surface area contributed by atoms with E-state index in [0.717, 1.165) is 11.4 Å². The van der Waals surface area contributed by atoms with Gasteiger partial charge in [0, 0.05) is 17.7 Å². The van der Waals surface area contributed by atoms with Crippen molar-refractivity contribution >= 4 is 27.5 Å². The number of aryl methyl sites for hydroxylation is 2. The van der Waals surface area contributed by atoms with Gasteiger partial charge in [-0.05, 0) is 44.2 Å². The molecule has 0 saturated carbocycles. The molecule has 0 fully saturated rings. The summed E-state index contributed by atoms with van der Waals surface area (Å²) in [5, 5.41) is 7.14. The Balaban J connectivity index is 1.37. The first-order valence-corrected chi connectivity index (χ1v) is 10.8. The Bertz CT molecular complexity index is 1250. The molecule has 2 aromatic heterocycles. The standard InChI is InChI=1S/C20H20N6O3S/c1-13-11-14(2)26(24-13)18-8-7-15(12-22-18)23-19(27)9-10-21-20-16-5-3-4-6-17(16)30(28,29)25-20/h3-8,11-12H,9-10H2,1-2H3,(H,21,25)(H,23,27). The summed E-state index contributed by atoms with van der Waals surface area (Å²) in [6, 6.07) is 12.1. The van der Waals surface area contributed by atoms with Crippen molar-refractivity contribution in [1.82, 2.24) is 19.5 Å². The van der Waals surface area contributed by atoms with Crippen molar-refractivity contribution < 1.29 is 13.2 Å². The Morgan fingerprint density at radius 2 is 2.00 bits per heavy atom. The molecule has 1 aliphatic heterocycles. The van der Waals surface area contributed by atoms with Crippen LogP contribution in [0, 0.1) is 13.8 Å². The minimum Gasteiger partial charge on any atom is -0.325 e. The van der Waals surface area contributed by atoms with Crippen molar-refractivity contribution in [2.24, 2.45) is 4.99 Å². The molecule has 1 aromatic carbocycles. The Labute approximate surface area is 173 Å². The van der Waals surface area contributed by atoms with Gasteiger partial charge in [-0.15, -0.1) is 0 Å². The smallest absolute Gasteiger partial charge is 0.263 e. The van der Waals surface area contributed by atoms with E-state index in [1.54, 1.807) is 41.2 Å². The van der Waals surface area contributed by atoms with Gasteiger partial charge in [0.15, 0.2) is 5.82 Å². The molecule has 1 amide bonds. The van der Waals surface area contributed by atoms with Crippen LogP contribution in [0.5, 0.6) is 0 Å². The van der Waals surface area contributed by atoms with Gasteiger partial charge in [-0.25, -0.2) is 18.1 Å². The Morgan fingerprint density at radius 3 is 2.70 bits per heavy atom. The highest BCUT2D eigenvalue weighted by Crippen LogP contribution is 2.22. The maximum atomic E-state index is 12.2. The van der Waals surface area contributed by atoms with Crippen molar-refractivity contribution in [2.75, 3.05) is 11.9 Å². The number of rotatable bonds is 5. The van der Waals surface area contributed by atoms with E-state index in [1.807, 2.05) is 19.9 Å². The van der Waals surface area contributed by atoms with E-state index in [4.69, 9.17) is 0 Å². The van der Waals surface area contributed by atoms with Crippen molar-refractivity contribution in [3.63, 3.8) is 0 Å². The predicted molar refractivity (Wildman–Crippen MR) is 112 cm³/mol. The van der Waals surface area contributed by atoms with E-state index in [-0.39, 0.29) is 29.6 Å². The van der Waals surface area contributed by atoms with Crippen LogP contribution in [0.25, 0.3) is 5.82 Å². The summed E-state index contributed by atoms with van der Waals surface area (Å²) in [6.07, 6.45) is 1.67. The molecule has 1 aliphatic rings. The zero-order chi connectivity index (χ0) is 21.3. The predicted octanol–water partition coefficient (Wildman–Crippen LogP) is 1.95. The van der Waals surface area contributed by atoms with Crippen LogP contribution in [0.3, 0.4) is 0 Å². The first-order valence-electron chi connectivity index (χ1n) is 9.30. The van der Waals surface area contributed by atoms with Crippen LogP contribution < -0.4 is 10.0 Å². The third-order valence-electron chi connectivity index (χ3n) is 4.53. The highest BCUT2D eigenvalue weighted by Gasteiger charge is 2.29. The fourth-order valence-electron chi connectivity index (χ4n) is 3.19. The average molecular weight is 424 g/mol. The van der Waals surface area contributed by atoms with E-state index < -0.39 is 10.0 Å². The zero-order valence-electron chi connectivity index (χ0n) is 16.5. The molecule has 9 nitrogen and oxygen atoms in total. The maximum absolute atomic E-state index is 12.2. The molecule has 0 saturated heterocycles. The minimum absolute atomic E-state index is 0.104. The average Bonchev–Trinajstić information content (AvgIpc) is 3.18. The number of carbonyl (C=O) groups excluding carboxylic acids is 1. The van der Waals surface area contributed by atoms with E-state index in [1.165, 1.54) is 6.07 Å². The summed E-state index contributed by atoms with van der Waals surface area (Å²) >= 11 is 0. The topological polar surface area (TPSA) is 118 Å². The van der Waals surface area contributed by atoms with Gasteiger partial charge in [0.25, 0.3) is 10.0 Å². The van der Waals surface area contributed by atoms with Crippen LogP contribution in [0.15, 0.2) is 58.5 Å². The minimum atomic E-state index is -3.58. The Morgan fingerprint density at radius 1 is 1.20 bits per heavy atom. The number of pyridine rings is 1. The molecule has 154 valence electrons. The summed E-state index contributed by atoms with van der Waals surface area (Å²) in [5.74, 6) is 0.681. The number of amides is 1. The number of nitrogens with one attached hydrogen (secondary N) is 2. The van der Waals surface area contributed by atoms with Gasteiger partial charge in [0.2, 0.25) is 5.91 Å². The highest BCUT2D eigenvalue weighted by atomic mass is 32.2. The lowest BCUT2D eigenvalue weighted by Crippen LogP contribution is -2.23. The molecule has 0 spiro atoms. The van der Waals surface area contributed by atoms with Crippen LogP contribution in [-0.4, -0.2) is 41.5 Å². The molecule has 0 atom stereocenters. The van der Waals surface area contributed by atoms with E-state index in [2.05, 4.69) is 25.1 Å². The van der Waals surface area contributed by atoms with E-state index in [9.17, 15) is 13.2 Å². The van der Waals surface area contributed by atoms with Gasteiger partial charge in [-0.1, -0.05) is 12.1 Å². The highest BCUT2D eigenvalue weighted by molar-refractivity contribution is 7.90. The number of aliphatic imine (C=N–C) groups is 1. The normalized spacial score (nSPS) is 15.6. The van der Waals surface area contributed by atoms with E-state index in [0.29, 0.717) is 17.1 Å². The van der Waals surface area contributed by atoms with E-state index >= 15 is 0 Å². The quantitative estimate of drug-likeness (QED) is 0.649. The van der Waals surface area contributed by atoms with Crippen molar-refractivity contribution in [3.8, 4) is 5.82 Å². The van der Waals surface area contributed by atoms with Crippen LogP contribution in [0.1, 0.15) is 23.4 Å². The van der Waals surface area contributed by atoms with Crippen LogP contribution in [-0.2, 0) is 14.8 Å². The molecule has 0 bridgehead atoms. The first-order chi connectivity index (χ1) is 14.3. The summed E-state index contributed by atoms with van der Waals surface area (Å²) in [4.78, 5) is 21.0. The summed E-state index contributed by atoms with van der Waals surface area (Å²) < 4.78 is 28.3. The second-order valence-electron chi connectivity index (χ2n) is 6.87. The Hall–Kier alpha value is -3.53. The molecular weight excluding hydrogens is 404 g/mol. The van der Waals surface area contributed by atoms with Crippen LogP contribution in [0.2, 0.25) is 0 Å². The maximum Gasteiger partial charge on any atom is 0.263 e. The molecule has 0 radical (unpaired) electrons. The third kappa shape index (κ3) is 3.94. The van der Waals surface area contributed by atoms with Crippen molar-refractivity contribution in [1.29, 1.82) is 0 Å². The lowest BCUT2D eigenvalue weighted by Gasteiger charge is -2.07. The number of hydrogen-bond acceptors (Lipinski definition) is 6. The van der Waals surface area contributed by atoms with Crippen molar-refractivity contribution in [3.05, 3.63) is 65.6 Å². The second-order valence-corrected chi connectivity index (χ2v) is 8.52. The summed E-state index contributed by atoms with van der Waals surface area (Å²) in [7, 11) is -3.58. The number of amidine groups is 1. The second kappa shape index (κ2) is 7.71. The molecule has 4 rings (SSSR count). The van der Waals surface area contributed by atoms with Crippen LogP contribution >= 0.6 is 0 Å². The van der Waals surface area contributed by atoms with Gasteiger partial charge in [0.05, 0.1) is 29.0 Å². The van der Waals surface area contributed by atoms with Gasteiger partial charge in [-0.3, -0.25) is 14.5 Å². The molecule has 3 aromatic rings. The molecule has 3 heterocycles. The number of nitrogens with zero attached hydrogens (tertiary/aromatic N) is 4. The monoisotopic (exact) mass is 424 g/mol. The lowest BCUT2D eigenvalue weighted by atomic mass is 10.2. The molecule has 0 unspecified atom stereocenters. The molecule has 10 heteroatoms.